The summed E-state index contributed by atoms with van der Waals surface area (Å²) in [5, 5.41) is 10.4. The monoisotopic (exact) mass is 388 g/mol. The molecule has 0 saturated carbocycles. The largest absolute Gasteiger partial charge is 0.457 e. The third-order valence-electron chi connectivity index (χ3n) is 3.68. The molecule has 0 bridgehead atoms. The first kappa shape index (κ1) is 18.2. The van der Waals surface area contributed by atoms with Crippen LogP contribution >= 0.6 is 23.5 Å². The van der Waals surface area contributed by atoms with Gasteiger partial charge in [-0.05, 0) is 79.5 Å². The highest BCUT2D eigenvalue weighted by atomic mass is 35.5. The van der Waals surface area contributed by atoms with Crippen LogP contribution in [0.25, 0.3) is 0 Å². The van der Waals surface area contributed by atoms with Gasteiger partial charge in [-0.2, -0.15) is 4.73 Å². The number of hydrogen-bond acceptors (Lipinski definition) is 5. The second-order valence-electron chi connectivity index (χ2n) is 5.59. The van der Waals surface area contributed by atoms with Crippen LogP contribution < -0.4 is 14.6 Å². The van der Waals surface area contributed by atoms with Crippen LogP contribution in [0.2, 0.25) is 5.02 Å². The fraction of sp³-hybridized carbons (Fsp3) is 0.105. The molecule has 0 aliphatic carbocycles. The average molecular weight is 389 g/mol. The standard InChI is InChI=1S/C19H17ClN2O3S/c1-13-3-12-18(19(23)22(13)24)21(2)26-17-10-8-16(9-11-17)25-15-6-4-14(20)5-7-15/h3-12,24H,1-2H3. The number of anilines is 1. The summed E-state index contributed by atoms with van der Waals surface area (Å²) < 4.78 is 8.12. The maximum Gasteiger partial charge on any atom is 0.307 e. The lowest BCUT2D eigenvalue weighted by Gasteiger charge is -2.18. The van der Waals surface area contributed by atoms with Gasteiger partial charge in [-0.1, -0.05) is 11.6 Å². The second kappa shape index (κ2) is 7.76. The highest BCUT2D eigenvalue weighted by Gasteiger charge is 2.11. The Morgan fingerprint density at radius 2 is 1.58 bits per heavy atom. The minimum Gasteiger partial charge on any atom is -0.457 e. The molecule has 0 aliphatic heterocycles. The SMILES string of the molecule is Cc1ccc(N(C)Sc2ccc(Oc3ccc(Cl)cc3)cc2)c(=O)n1O. The van der Waals surface area contributed by atoms with Crippen LogP contribution in [-0.4, -0.2) is 17.0 Å². The van der Waals surface area contributed by atoms with Gasteiger partial charge in [-0.25, -0.2) is 0 Å². The minimum absolute atomic E-state index is 0.393. The summed E-state index contributed by atoms with van der Waals surface area (Å²) in [4.78, 5) is 13.1. The van der Waals surface area contributed by atoms with Gasteiger partial charge in [-0.15, -0.1) is 0 Å². The van der Waals surface area contributed by atoms with Gasteiger partial charge in [0, 0.05) is 17.0 Å². The normalized spacial score (nSPS) is 10.6. The molecule has 2 aromatic carbocycles. The van der Waals surface area contributed by atoms with E-state index in [0.29, 0.717) is 32.6 Å². The Morgan fingerprint density at radius 3 is 2.19 bits per heavy atom. The zero-order valence-corrected chi connectivity index (χ0v) is 15.8. The van der Waals surface area contributed by atoms with E-state index in [4.69, 9.17) is 16.3 Å². The fourth-order valence-corrected chi connectivity index (χ4v) is 3.20. The Labute approximate surface area is 160 Å². The van der Waals surface area contributed by atoms with E-state index < -0.39 is 5.56 Å². The van der Waals surface area contributed by atoms with Crippen molar-refractivity contribution in [2.45, 2.75) is 11.8 Å². The summed E-state index contributed by atoms with van der Waals surface area (Å²) in [7, 11) is 1.77. The van der Waals surface area contributed by atoms with Gasteiger partial charge in [0.25, 0.3) is 0 Å². The third-order valence-corrected chi connectivity index (χ3v) is 4.89. The van der Waals surface area contributed by atoms with E-state index in [1.807, 2.05) is 24.3 Å². The van der Waals surface area contributed by atoms with Gasteiger partial charge in [-0.3, -0.25) is 4.79 Å². The summed E-state index contributed by atoms with van der Waals surface area (Å²) >= 11 is 7.24. The van der Waals surface area contributed by atoms with Crippen LogP contribution in [0, 0.1) is 6.92 Å². The molecule has 1 aromatic heterocycles. The molecule has 0 amide bonds. The first-order valence-corrected chi connectivity index (χ1v) is 8.96. The number of hydrogen-bond donors (Lipinski definition) is 1. The van der Waals surface area contributed by atoms with Crippen molar-refractivity contribution in [1.29, 1.82) is 0 Å². The molecule has 3 rings (SSSR count). The second-order valence-corrected chi connectivity index (χ2v) is 7.23. The number of halogens is 1. The number of rotatable bonds is 5. The topological polar surface area (TPSA) is 54.7 Å². The summed E-state index contributed by atoms with van der Waals surface area (Å²) in [6.45, 7) is 1.66. The molecular weight excluding hydrogens is 372 g/mol. The smallest absolute Gasteiger partial charge is 0.307 e. The van der Waals surface area contributed by atoms with Crippen molar-refractivity contribution in [1.82, 2.24) is 4.73 Å². The van der Waals surface area contributed by atoms with Crippen LogP contribution in [0.3, 0.4) is 0 Å². The van der Waals surface area contributed by atoms with Crippen molar-refractivity contribution in [2.24, 2.45) is 0 Å². The Morgan fingerprint density at radius 1 is 1.00 bits per heavy atom. The molecule has 0 aliphatic rings. The Hall–Kier alpha value is -2.57. The molecule has 0 atom stereocenters. The highest BCUT2D eigenvalue weighted by molar-refractivity contribution is 8.00. The molecule has 0 radical (unpaired) electrons. The number of nitrogens with zero attached hydrogens (tertiary/aromatic N) is 2. The summed E-state index contributed by atoms with van der Waals surface area (Å²) in [5.74, 6) is 1.41. The molecule has 0 fully saturated rings. The molecule has 7 heteroatoms. The molecule has 1 heterocycles. The maximum atomic E-state index is 12.1. The van der Waals surface area contributed by atoms with Gasteiger partial charge in [0.05, 0.1) is 5.69 Å². The maximum absolute atomic E-state index is 12.1. The zero-order chi connectivity index (χ0) is 18.7. The molecule has 134 valence electrons. The lowest BCUT2D eigenvalue weighted by atomic mass is 10.3. The summed E-state index contributed by atoms with van der Waals surface area (Å²) in [6.07, 6.45) is 0. The van der Waals surface area contributed by atoms with Gasteiger partial charge in [0.2, 0.25) is 0 Å². The van der Waals surface area contributed by atoms with Crippen molar-refractivity contribution >= 4 is 29.2 Å². The minimum atomic E-state index is -0.456. The number of aryl methyl sites for hydroxylation is 1. The molecule has 26 heavy (non-hydrogen) atoms. The number of pyridine rings is 1. The van der Waals surface area contributed by atoms with Crippen molar-refractivity contribution < 1.29 is 9.94 Å². The molecule has 3 aromatic rings. The summed E-state index contributed by atoms with van der Waals surface area (Å²) in [5.41, 5.74) is 0.424. The van der Waals surface area contributed by atoms with E-state index >= 15 is 0 Å². The number of ether oxygens (including phenoxy) is 1. The predicted octanol–water partition coefficient (Wildman–Crippen LogP) is 4.98. The van der Waals surface area contributed by atoms with E-state index in [9.17, 15) is 10.0 Å². The van der Waals surface area contributed by atoms with E-state index in [0.717, 1.165) is 4.90 Å². The van der Waals surface area contributed by atoms with Crippen LogP contribution in [0.4, 0.5) is 5.69 Å². The molecule has 1 N–H and O–H groups in total. The lowest BCUT2D eigenvalue weighted by molar-refractivity contribution is 0.169. The number of benzene rings is 2. The van der Waals surface area contributed by atoms with Gasteiger partial charge >= 0.3 is 5.56 Å². The first-order valence-electron chi connectivity index (χ1n) is 7.81. The zero-order valence-electron chi connectivity index (χ0n) is 14.2. The van der Waals surface area contributed by atoms with Crippen molar-refractivity contribution in [2.75, 3.05) is 11.4 Å². The van der Waals surface area contributed by atoms with E-state index in [1.165, 1.54) is 11.9 Å². The van der Waals surface area contributed by atoms with E-state index in [1.54, 1.807) is 54.7 Å². The quantitative estimate of drug-likeness (QED) is 0.493. The van der Waals surface area contributed by atoms with Crippen LogP contribution in [0.1, 0.15) is 5.69 Å². The Balaban J connectivity index is 1.70. The molecular formula is C19H17ClN2O3S. The van der Waals surface area contributed by atoms with Crippen LogP contribution in [0.15, 0.2) is 70.4 Å². The molecule has 0 spiro atoms. The Bertz CT molecular complexity index is 956. The molecule has 5 nitrogen and oxygen atoms in total. The molecule has 0 saturated heterocycles. The van der Waals surface area contributed by atoms with Gasteiger partial charge in [0.15, 0.2) is 0 Å². The summed E-state index contributed by atoms with van der Waals surface area (Å²) in [6, 6.07) is 18.0. The van der Waals surface area contributed by atoms with Crippen molar-refractivity contribution in [3.8, 4) is 11.5 Å². The lowest BCUT2D eigenvalue weighted by Crippen LogP contribution is -2.25. The predicted molar refractivity (Wildman–Crippen MR) is 105 cm³/mol. The van der Waals surface area contributed by atoms with E-state index in [2.05, 4.69) is 0 Å². The van der Waals surface area contributed by atoms with Crippen LogP contribution in [-0.2, 0) is 0 Å². The van der Waals surface area contributed by atoms with Crippen LogP contribution in [0.5, 0.6) is 11.5 Å². The Kier molecular flexibility index (Phi) is 5.44. The van der Waals surface area contributed by atoms with Gasteiger partial charge in [0.1, 0.15) is 17.2 Å². The average Bonchev–Trinajstić information content (AvgIpc) is 2.63. The van der Waals surface area contributed by atoms with Gasteiger partial charge < -0.3 is 14.2 Å². The fourth-order valence-electron chi connectivity index (χ4n) is 2.26. The van der Waals surface area contributed by atoms with Crippen molar-refractivity contribution in [3.63, 3.8) is 0 Å². The number of aromatic nitrogens is 1. The van der Waals surface area contributed by atoms with E-state index in [-0.39, 0.29) is 0 Å². The first-order chi connectivity index (χ1) is 12.4. The highest BCUT2D eigenvalue weighted by Crippen LogP contribution is 2.29. The van der Waals surface area contributed by atoms with Crippen molar-refractivity contribution in [3.05, 3.63) is 81.7 Å². The third kappa shape index (κ3) is 4.15. The molecule has 0 unspecified atom stereocenters.